The first kappa shape index (κ1) is 18.6. The normalized spacial score (nSPS) is 17.7. The average molecular weight is 466 g/mol. The van der Waals surface area contributed by atoms with Gasteiger partial charge in [-0.05, 0) is 88.4 Å². The summed E-state index contributed by atoms with van der Waals surface area (Å²) in [4.78, 5) is 14.9. The molecule has 25 heavy (non-hydrogen) atoms. The summed E-state index contributed by atoms with van der Waals surface area (Å²) >= 11 is 7.07. The molecule has 1 aliphatic rings. The molecule has 1 atom stereocenters. The number of nitrogens with one attached hydrogen (secondary N) is 1. The van der Waals surface area contributed by atoms with E-state index in [-0.39, 0.29) is 5.91 Å². The Kier molecular flexibility index (Phi) is 5.97. The number of carbonyl (C=O) groups excluding carboxylic acids is 1. The summed E-state index contributed by atoms with van der Waals surface area (Å²) in [5.74, 6) is 0.0183. The lowest BCUT2D eigenvalue weighted by Crippen LogP contribution is -2.33. The van der Waals surface area contributed by atoms with Gasteiger partial charge in [0.15, 0.2) is 0 Å². The number of amides is 1. The van der Waals surface area contributed by atoms with Gasteiger partial charge in [0.25, 0.3) is 0 Å². The summed E-state index contributed by atoms with van der Waals surface area (Å²) < 4.78 is 1.79. The van der Waals surface area contributed by atoms with Gasteiger partial charge >= 0.3 is 0 Å². The maximum absolute atomic E-state index is 12.6. The zero-order valence-corrected chi connectivity index (χ0v) is 17.7. The van der Waals surface area contributed by atoms with Gasteiger partial charge in [-0.25, -0.2) is 0 Å². The molecular formula is C20H22Br2N2O. The minimum atomic E-state index is 0.0183. The molecule has 1 heterocycles. The Bertz CT molecular complexity index is 768. The summed E-state index contributed by atoms with van der Waals surface area (Å²) in [5, 5.41) is 3.04. The highest BCUT2D eigenvalue weighted by atomic mass is 79.9. The van der Waals surface area contributed by atoms with E-state index < -0.39 is 0 Å². The van der Waals surface area contributed by atoms with Crippen LogP contribution in [0, 0.1) is 13.8 Å². The van der Waals surface area contributed by atoms with E-state index in [2.05, 4.69) is 73.3 Å². The van der Waals surface area contributed by atoms with Gasteiger partial charge in [0.1, 0.15) is 0 Å². The summed E-state index contributed by atoms with van der Waals surface area (Å²) in [6.07, 6.45) is 2.23. The fourth-order valence-corrected chi connectivity index (χ4v) is 5.07. The van der Waals surface area contributed by atoms with Gasteiger partial charge in [-0.2, -0.15) is 0 Å². The minimum absolute atomic E-state index is 0.0183. The molecule has 2 aromatic carbocycles. The van der Waals surface area contributed by atoms with Crippen LogP contribution in [0.3, 0.4) is 0 Å². The molecule has 1 unspecified atom stereocenters. The molecule has 2 aromatic rings. The Morgan fingerprint density at radius 1 is 1.16 bits per heavy atom. The van der Waals surface area contributed by atoms with Crippen molar-refractivity contribution in [3.8, 4) is 0 Å². The first-order chi connectivity index (χ1) is 11.9. The predicted molar refractivity (Wildman–Crippen MR) is 110 cm³/mol. The molecule has 0 bridgehead atoms. The minimum Gasteiger partial charge on any atom is -0.323 e. The molecule has 132 valence electrons. The Morgan fingerprint density at radius 3 is 2.56 bits per heavy atom. The fraction of sp³-hybridized carbons (Fsp3) is 0.350. The summed E-state index contributed by atoms with van der Waals surface area (Å²) in [6.45, 7) is 5.51. The van der Waals surface area contributed by atoms with Gasteiger partial charge in [0, 0.05) is 15.0 Å². The molecule has 1 saturated heterocycles. The van der Waals surface area contributed by atoms with Crippen LogP contribution in [0.4, 0.5) is 5.69 Å². The van der Waals surface area contributed by atoms with Crippen molar-refractivity contribution >= 4 is 43.5 Å². The molecule has 1 fully saturated rings. The van der Waals surface area contributed by atoms with Crippen molar-refractivity contribution in [2.45, 2.75) is 32.7 Å². The van der Waals surface area contributed by atoms with Crippen LogP contribution in [0.1, 0.15) is 35.6 Å². The van der Waals surface area contributed by atoms with Gasteiger partial charge < -0.3 is 5.32 Å². The van der Waals surface area contributed by atoms with Crippen LogP contribution >= 0.6 is 31.9 Å². The molecule has 3 rings (SSSR count). The predicted octanol–water partition coefficient (Wildman–Crippen LogP) is 5.60. The average Bonchev–Trinajstić information content (AvgIpc) is 2.99. The van der Waals surface area contributed by atoms with Crippen molar-refractivity contribution in [2.75, 3.05) is 18.4 Å². The first-order valence-corrected chi connectivity index (χ1v) is 10.1. The topological polar surface area (TPSA) is 32.3 Å². The highest BCUT2D eigenvalue weighted by Crippen LogP contribution is 2.34. The number of hydrogen-bond acceptors (Lipinski definition) is 2. The fourth-order valence-electron chi connectivity index (χ4n) is 3.45. The standard InChI is InChI=1S/C20H22Br2N2O/c1-13-5-3-6-15(9-13)18-7-4-8-24(18)12-19(25)23-20-16(21)10-14(2)11-17(20)22/h3,5-6,9-11,18H,4,7-8,12H2,1-2H3,(H,23,25). The van der Waals surface area contributed by atoms with E-state index in [1.807, 2.05) is 19.1 Å². The third kappa shape index (κ3) is 4.52. The number of nitrogens with zero attached hydrogens (tertiary/aromatic N) is 1. The van der Waals surface area contributed by atoms with Crippen molar-refractivity contribution in [1.82, 2.24) is 4.90 Å². The van der Waals surface area contributed by atoms with Crippen LogP contribution in [0.15, 0.2) is 45.3 Å². The summed E-state index contributed by atoms with van der Waals surface area (Å²) in [5.41, 5.74) is 4.50. The van der Waals surface area contributed by atoms with Crippen LogP contribution in [0.2, 0.25) is 0 Å². The lowest BCUT2D eigenvalue weighted by Gasteiger charge is -2.24. The van der Waals surface area contributed by atoms with Crippen molar-refractivity contribution in [3.05, 3.63) is 62.0 Å². The maximum Gasteiger partial charge on any atom is 0.238 e. The Hall–Kier alpha value is -1.17. The van der Waals surface area contributed by atoms with E-state index >= 15 is 0 Å². The van der Waals surface area contributed by atoms with E-state index in [1.54, 1.807) is 0 Å². The lowest BCUT2D eigenvalue weighted by molar-refractivity contribution is -0.117. The van der Waals surface area contributed by atoms with Gasteiger partial charge in [-0.15, -0.1) is 0 Å². The van der Waals surface area contributed by atoms with Crippen molar-refractivity contribution in [3.63, 3.8) is 0 Å². The molecule has 5 heteroatoms. The Morgan fingerprint density at radius 2 is 1.88 bits per heavy atom. The third-order valence-corrected chi connectivity index (χ3v) is 5.84. The number of likely N-dealkylation sites (tertiary alicyclic amines) is 1. The summed E-state index contributed by atoms with van der Waals surface area (Å²) in [6, 6.07) is 13.0. The van der Waals surface area contributed by atoms with Gasteiger partial charge in [0.2, 0.25) is 5.91 Å². The highest BCUT2D eigenvalue weighted by molar-refractivity contribution is 9.11. The van der Waals surface area contributed by atoms with Crippen LogP contribution < -0.4 is 5.32 Å². The van der Waals surface area contributed by atoms with Gasteiger partial charge in [-0.3, -0.25) is 9.69 Å². The van der Waals surface area contributed by atoms with Crippen molar-refractivity contribution in [1.29, 1.82) is 0 Å². The van der Waals surface area contributed by atoms with Crippen LogP contribution in [0.5, 0.6) is 0 Å². The second-order valence-corrected chi connectivity index (χ2v) is 8.40. The van der Waals surface area contributed by atoms with E-state index in [9.17, 15) is 4.79 Å². The smallest absolute Gasteiger partial charge is 0.238 e. The number of benzene rings is 2. The molecular weight excluding hydrogens is 444 g/mol. The van der Waals surface area contributed by atoms with Crippen molar-refractivity contribution in [2.24, 2.45) is 0 Å². The zero-order chi connectivity index (χ0) is 18.0. The molecule has 0 aliphatic carbocycles. The molecule has 1 aliphatic heterocycles. The molecule has 1 amide bonds. The van der Waals surface area contributed by atoms with Crippen LogP contribution in [-0.4, -0.2) is 23.9 Å². The van der Waals surface area contributed by atoms with Crippen LogP contribution in [0.25, 0.3) is 0 Å². The highest BCUT2D eigenvalue weighted by Gasteiger charge is 2.27. The summed E-state index contributed by atoms with van der Waals surface area (Å²) in [7, 11) is 0. The molecule has 0 spiro atoms. The second-order valence-electron chi connectivity index (χ2n) is 6.69. The maximum atomic E-state index is 12.6. The van der Waals surface area contributed by atoms with Gasteiger partial charge in [0.05, 0.1) is 12.2 Å². The van der Waals surface area contributed by atoms with Gasteiger partial charge in [-0.1, -0.05) is 29.8 Å². The van der Waals surface area contributed by atoms with Crippen LogP contribution in [-0.2, 0) is 4.79 Å². The molecule has 0 aromatic heterocycles. The molecule has 0 saturated carbocycles. The Balaban J connectivity index is 1.70. The molecule has 0 radical (unpaired) electrons. The van der Waals surface area contributed by atoms with Crippen molar-refractivity contribution < 1.29 is 4.79 Å². The quantitative estimate of drug-likeness (QED) is 0.636. The number of anilines is 1. The first-order valence-electron chi connectivity index (χ1n) is 8.50. The second kappa shape index (κ2) is 8.02. The number of rotatable bonds is 4. The van der Waals surface area contributed by atoms with E-state index in [4.69, 9.17) is 0 Å². The number of aryl methyl sites for hydroxylation is 2. The molecule has 1 N–H and O–H groups in total. The number of hydrogen-bond donors (Lipinski definition) is 1. The lowest BCUT2D eigenvalue weighted by atomic mass is 10.0. The monoisotopic (exact) mass is 464 g/mol. The van der Waals surface area contributed by atoms with E-state index in [0.29, 0.717) is 12.6 Å². The van der Waals surface area contributed by atoms with E-state index in [0.717, 1.165) is 39.6 Å². The Labute approximate surface area is 166 Å². The largest absolute Gasteiger partial charge is 0.323 e. The number of halogens is 2. The zero-order valence-electron chi connectivity index (χ0n) is 14.5. The van der Waals surface area contributed by atoms with E-state index in [1.165, 1.54) is 11.1 Å². The molecule has 3 nitrogen and oxygen atoms in total. The third-order valence-electron chi connectivity index (χ3n) is 4.59. The number of carbonyl (C=O) groups is 1. The SMILES string of the molecule is Cc1cccc(C2CCCN2CC(=O)Nc2c(Br)cc(C)cc2Br)c1.